The van der Waals surface area contributed by atoms with Crippen LogP contribution in [0.1, 0.15) is 61.8 Å². The second kappa shape index (κ2) is 6.60. The molecule has 1 saturated carbocycles. The maximum absolute atomic E-state index is 6.40. The molecule has 0 aromatic heterocycles. The van der Waals surface area contributed by atoms with Crippen LogP contribution in [0.5, 0.6) is 5.75 Å². The minimum absolute atomic E-state index is 0.244. The lowest BCUT2D eigenvalue weighted by Gasteiger charge is -2.30. The Balaban J connectivity index is 1.46. The molecule has 0 N–H and O–H groups in total. The molecule has 0 amide bonds. The van der Waals surface area contributed by atoms with E-state index < -0.39 is 0 Å². The van der Waals surface area contributed by atoms with Gasteiger partial charge in [0.05, 0.1) is 18.3 Å². The van der Waals surface area contributed by atoms with Crippen LogP contribution in [0.4, 0.5) is 0 Å². The zero-order chi connectivity index (χ0) is 16.4. The lowest BCUT2D eigenvalue weighted by molar-refractivity contribution is -0.0692. The Kier molecular flexibility index (Phi) is 4.32. The Hall–Kier alpha value is -1.80. The van der Waals surface area contributed by atoms with Gasteiger partial charge >= 0.3 is 0 Å². The molecule has 1 spiro atoms. The molecule has 1 aliphatic carbocycles. The monoisotopic (exact) mass is 322 g/mol. The van der Waals surface area contributed by atoms with Crippen molar-refractivity contribution in [2.45, 2.75) is 57.2 Å². The molecule has 0 bridgehead atoms. The van der Waals surface area contributed by atoms with Gasteiger partial charge in [0.2, 0.25) is 0 Å². The molecule has 24 heavy (non-hydrogen) atoms. The second-order valence-corrected chi connectivity index (χ2v) is 7.18. The van der Waals surface area contributed by atoms with Crippen molar-refractivity contribution in [3.8, 4) is 5.75 Å². The van der Waals surface area contributed by atoms with Crippen LogP contribution in [0.25, 0.3) is 0 Å². The summed E-state index contributed by atoms with van der Waals surface area (Å²) in [5, 5.41) is 0. The lowest BCUT2D eigenvalue weighted by Crippen LogP contribution is -2.23. The fourth-order valence-corrected chi connectivity index (χ4v) is 3.78. The van der Waals surface area contributed by atoms with Gasteiger partial charge in [-0.05, 0) is 74.3 Å². The molecule has 0 radical (unpaired) electrons. The number of rotatable bonds is 5. The zero-order valence-corrected chi connectivity index (χ0v) is 14.5. The first-order chi connectivity index (χ1) is 11.8. The molecule has 126 valence electrons. The first kappa shape index (κ1) is 15.7. The first-order valence-electron chi connectivity index (χ1n) is 9.25. The SMILES string of the molecule is CCOc1ccc(Cc2cccc(C3CCCC4(CC4)O3)c2)cc1. The quantitative estimate of drug-likeness (QED) is 0.728. The molecule has 2 aromatic carbocycles. The molecule has 1 atom stereocenters. The van der Waals surface area contributed by atoms with Gasteiger partial charge in [0.15, 0.2) is 0 Å². The van der Waals surface area contributed by atoms with Crippen LogP contribution >= 0.6 is 0 Å². The van der Waals surface area contributed by atoms with Crippen molar-refractivity contribution in [1.29, 1.82) is 0 Å². The number of ether oxygens (including phenoxy) is 2. The van der Waals surface area contributed by atoms with E-state index >= 15 is 0 Å². The first-order valence-corrected chi connectivity index (χ1v) is 9.25. The third kappa shape index (κ3) is 3.49. The fourth-order valence-electron chi connectivity index (χ4n) is 3.78. The largest absolute Gasteiger partial charge is 0.494 e. The van der Waals surface area contributed by atoms with Gasteiger partial charge in [-0.1, -0.05) is 36.4 Å². The van der Waals surface area contributed by atoms with E-state index in [-0.39, 0.29) is 5.60 Å². The summed E-state index contributed by atoms with van der Waals surface area (Å²) in [5.74, 6) is 0.945. The summed E-state index contributed by atoms with van der Waals surface area (Å²) in [6.07, 6.45) is 7.49. The third-order valence-corrected chi connectivity index (χ3v) is 5.26. The zero-order valence-electron chi connectivity index (χ0n) is 14.5. The highest BCUT2D eigenvalue weighted by molar-refractivity contribution is 5.33. The molecule has 1 heterocycles. The van der Waals surface area contributed by atoms with E-state index in [0.717, 1.165) is 18.6 Å². The van der Waals surface area contributed by atoms with E-state index in [2.05, 4.69) is 48.5 Å². The average Bonchev–Trinajstić information content (AvgIpc) is 3.36. The number of benzene rings is 2. The molecule has 2 fully saturated rings. The minimum Gasteiger partial charge on any atom is -0.494 e. The van der Waals surface area contributed by atoms with E-state index in [1.165, 1.54) is 42.4 Å². The molecule has 1 unspecified atom stereocenters. The van der Waals surface area contributed by atoms with Gasteiger partial charge in [0.25, 0.3) is 0 Å². The molecule has 2 aromatic rings. The molecular formula is C22H26O2. The third-order valence-electron chi connectivity index (χ3n) is 5.26. The molecular weight excluding hydrogens is 296 g/mol. The van der Waals surface area contributed by atoms with Crippen molar-refractivity contribution in [3.63, 3.8) is 0 Å². The molecule has 2 nitrogen and oxygen atoms in total. The van der Waals surface area contributed by atoms with E-state index in [0.29, 0.717) is 12.7 Å². The predicted octanol–water partition coefficient (Wildman–Crippen LogP) is 5.45. The van der Waals surface area contributed by atoms with Crippen LogP contribution < -0.4 is 4.74 Å². The average molecular weight is 322 g/mol. The van der Waals surface area contributed by atoms with Crippen LogP contribution in [0, 0.1) is 0 Å². The number of hydrogen-bond donors (Lipinski definition) is 0. The van der Waals surface area contributed by atoms with Crippen LogP contribution in [0.3, 0.4) is 0 Å². The van der Waals surface area contributed by atoms with Crippen LogP contribution in [-0.2, 0) is 11.2 Å². The van der Waals surface area contributed by atoms with Gasteiger partial charge < -0.3 is 9.47 Å². The maximum atomic E-state index is 6.40. The van der Waals surface area contributed by atoms with E-state index in [1.807, 2.05) is 6.92 Å². The van der Waals surface area contributed by atoms with E-state index in [4.69, 9.17) is 9.47 Å². The summed E-state index contributed by atoms with van der Waals surface area (Å²) in [7, 11) is 0. The Bertz CT molecular complexity index is 685. The highest BCUT2D eigenvalue weighted by Crippen LogP contribution is 2.51. The topological polar surface area (TPSA) is 18.5 Å². The predicted molar refractivity (Wildman–Crippen MR) is 96.5 cm³/mol. The van der Waals surface area contributed by atoms with Gasteiger partial charge in [0, 0.05) is 0 Å². The van der Waals surface area contributed by atoms with Gasteiger partial charge in [0.1, 0.15) is 5.75 Å². The van der Waals surface area contributed by atoms with Crippen LogP contribution in [-0.4, -0.2) is 12.2 Å². The molecule has 2 heteroatoms. The molecule has 1 saturated heterocycles. The molecule has 4 rings (SSSR count). The van der Waals surface area contributed by atoms with Gasteiger partial charge in [-0.2, -0.15) is 0 Å². The smallest absolute Gasteiger partial charge is 0.119 e. The van der Waals surface area contributed by atoms with E-state index in [1.54, 1.807) is 0 Å². The van der Waals surface area contributed by atoms with Crippen LogP contribution in [0.15, 0.2) is 48.5 Å². The highest BCUT2D eigenvalue weighted by Gasteiger charge is 2.47. The normalized spacial score (nSPS) is 21.6. The van der Waals surface area contributed by atoms with E-state index in [9.17, 15) is 0 Å². The van der Waals surface area contributed by atoms with Gasteiger partial charge in [-0.25, -0.2) is 0 Å². The minimum atomic E-state index is 0.244. The van der Waals surface area contributed by atoms with Crippen LogP contribution in [0.2, 0.25) is 0 Å². The lowest BCUT2D eigenvalue weighted by atomic mass is 9.95. The fraction of sp³-hybridized carbons (Fsp3) is 0.455. The Morgan fingerprint density at radius 1 is 1.04 bits per heavy atom. The van der Waals surface area contributed by atoms with Crippen molar-refractivity contribution in [3.05, 3.63) is 65.2 Å². The summed E-state index contributed by atoms with van der Waals surface area (Å²) in [6.45, 7) is 2.72. The van der Waals surface area contributed by atoms with Crippen molar-refractivity contribution >= 4 is 0 Å². The van der Waals surface area contributed by atoms with Crippen molar-refractivity contribution < 1.29 is 9.47 Å². The Morgan fingerprint density at radius 2 is 1.88 bits per heavy atom. The molecule has 2 aliphatic rings. The van der Waals surface area contributed by atoms with Gasteiger partial charge in [-0.15, -0.1) is 0 Å². The second-order valence-electron chi connectivity index (χ2n) is 7.18. The molecule has 1 aliphatic heterocycles. The van der Waals surface area contributed by atoms with Crippen molar-refractivity contribution in [2.75, 3.05) is 6.61 Å². The Labute approximate surface area is 144 Å². The Morgan fingerprint density at radius 3 is 2.62 bits per heavy atom. The number of hydrogen-bond acceptors (Lipinski definition) is 2. The maximum Gasteiger partial charge on any atom is 0.119 e. The summed E-state index contributed by atoms with van der Waals surface area (Å²) in [4.78, 5) is 0. The van der Waals surface area contributed by atoms with Gasteiger partial charge in [-0.3, -0.25) is 0 Å². The summed E-state index contributed by atoms with van der Waals surface area (Å²) < 4.78 is 11.9. The summed E-state index contributed by atoms with van der Waals surface area (Å²) in [5.41, 5.74) is 4.27. The summed E-state index contributed by atoms with van der Waals surface area (Å²) in [6, 6.07) is 17.4. The summed E-state index contributed by atoms with van der Waals surface area (Å²) >= 11 is 0. The highest BCUT2D eigenvalue weighted by atomic mass is 16.5. The standard InChI is InChI=1S/C22H26O2/c1-2-23-20-10-8-17(9-11-20)15-18-5-3-6-19(16-18)21-7-4-12-22(24-21)13-14-22/h3,5-6,8-11,16,21H,2,4,7,12-15H2,1H3. The van der Waals surface area contributed by atoms with Crippen molar-refractivity contribution in [1.82, 2.24) is 0 Å². The van der Waals surface area contributed by atoms with Crippen molar-refractivity contribution in [2.24, 2.45) is 0 Å².